The normalized spacial score (nSPS) is 12.5. The van der Waals surface area contributed by atoms with Crippen LogP contribution in [0.5, 0.6) is 11.5 Å². The van der Waals surface area contributed by atoms with Crippen LogP contribution in [-0.4, -0.2) is 35.7 Å². The molecule has 1 aromatic carbocycles. The van der Waals surface area contributed by atoms with Crippen molar-refractivity contribution < 1.29 is 14.6 Å². The number of rotatable bonds is 8. The molecular weight excluding hydrogens is 306 g/mol. The molecule has 132 valence electrons. The summed E-state index contributed by atoms with van der Waals surface area (Å²) in [5.74, 6) is 1.71. The fraction of sp³-hybridized carbons (Fsp3) is 0.500. The Morgan fingerprint density at radius 3 is 2.62 bits per heavy atom. The molecular formula is C18H27N3O3. The van der Waals surface area contributed by atoms with E-state index in [1.165, 1.54) is 0 Å². The summed E-state index contributed by atoms with van der Waals surface area (Å²) in [6, 6.07) is 5.41. The van der Waals surface area contributed by atoms with Gasteiger partial charge in [0, 0.05) is 37.5 Å². The van der Waals surface area contributed by atoms with Gasteiger partial charge in [-0.15, -0.1) is 0 Å². The van der Waals surface area contributed by atoms with E-state index in [2.05, 4.69) is 24.3 Å². The summed E-state index contributed by atoms with van der Waals surface area (Å²) in [5.41, 5.74) is 2.94. The van der Waals surface area contributed by atoms with Gasteiger partial charge in [-0.05, 0) is 24.1 Å². The van der Waals surface area contributed by atoms with Gasteiger partial charge >= 0.3 is 0 Å². The Hall–Kier alpha value is -2.05. The number of aliphatic hydroxyl groups is 1. The van der Waals surface area contributed by atoms with Gasteiger partial charge in [0.25, 0.3) is 0 Å². The number of hydrogen-bond donors (Lipinski definition) is 2. The van der Waals surface area contributed by atoms with Gasteiger partial charge in [0.2, 0.25) is 0 Å². The minimum Gasteiger partial charge on any atom is -0.497 e. The van der Waals surface area contributed by atoms with Gasteiger partial charge in [-0.2, -0.15) is 5.10 Å². The molecule has 0 radical (unpaired) electrons. The van der Waals surface area contributed by atoms with Gasteiger partial charge in [0.15, 0.2) is 0 Å². The Morgan fingerprint density at radius 2 is 2.00 bits per heavy atom. The topological polar surface area (TPSA) is 68.5 Å². The molecule has 0 saturated carbocycles. The van der Waals surface area contributed by atoms with Crippen molar-refractivity contribution >= 4 is 0 Å². The van der Waals surface area contributed by atoms with Crippen LogP contribution in [-0.2, 0) is 13.6 Å². The maximum atomic E-state index is 10.5. The third-order valence-corrected chi connectivity index (χ3v) is 3.93. The zero-order chi connectivity index (χ0) is 17.7. The fourth-order valence-corrected chi connectivity index (χ4v) is 2.73. The third kappa shape index (κ3) is 4.27. The first-order chi connectivity index (χ1) is 11.5. The molecule has 2 aromatic rings. The SMILES string of the molecule is COc1ccc(OC)c([C@H](O)CNCc2cn(C)nc2C(C)C)c1. The minimum atomic E-state index is -0.686. The number of aromatic nitrogens is 2. The first-order valence-corrected chi connectivity index (χ1v) is 8.09. The number of nitrogens with zero attached hydrogens (tertiary/aromatic N) is 2. The van der Waals surface area contributed by atoms with Gasteiger partial charge < -0.3 is 19.9 Å². The molecule has 0 saturated heterocycles. The van der Waals surface area contributed by atoms with Crippen LogP contribution in [0.1, 0.15) is 42.7 Å². The minimum absolute atomic E-state index is 0.367. The monoisotopic (exact) mass is 333 g/mol. The van der Waals surface area contributed by atoms with Crippen LogP contribution < -0.4 is 14.8 Å². The molecule has 0 amide bonds. The lowest BCUT2D eigenvalue weighted by Gasteiger charge is -2.16. The molecule has 6 heteroatoms. The highest BCUT2D eigenvalue weighted by molar-refractivity contribution is 5.41. The largest absolute Gasteiger partial charge is 0.497 e. The lowest BCUT2D eigenvalue weighted by atomic mass is 10.1. The van der Waals surface area contributed by atoms with E-state index >= 15 is 0 Å². The van der Waals surface area contributed by atoms with Crippen molar-refractivity contribution in [3.8, 4) is 11.5 Å². The average molecular weight is 333 g/mol. The van der Waals surface area contributed by atoms with E-state index in [1.807, 2.05) is 24.0 Å². The molecule has 0 unspecified atom stereocenters. The predicted octanol–water partition coefficient (Wildman–Crippen LogP) is 2.38. The molecule has 0 fully saturated rings. The van der Waals surface area contributed by atoms with E-state index in [9.17, 15) is 5.11 Å². The summed E-state index contributed by atoms with van der Waals surface area (Å²) < 4.78 is 12.4. The standard InChI is InChI=1S/C18H27N3O3/c1-12(2)18-13(11-21(3)20-18)9-19-10-16(22)15-8-14(23-4)6-7-17(15)24-5/h6-8,11-12,16,19,22H,9-10H2,1-5H3/t16-/m1/s1. The lowest BCUT2D eigenvalue weighted by molar-refractivity contribution is 0.169. The molecule has 2 rings (SSSR count). The van der Waals surface area contributed by atoms with Crippen molar-refractivity contribution in [1.29, 1.82) is 0 Å². The first kappa shape index (κ1) is 18.3. The second kappa shape index (κ2) is 8.17. The van der Waals surface area contributed by atoms with Crippen molar-refractivity contribution in [3.63, 3.8) is 0 Å². The maximum absolute atomic E-state index is 10.5. The van der Waals surface area contributed by atoms with Crippen LogP contribution in [0.3, 0.4) is 0 Å². The number of aliphatic hydroxyl groups excluding tert-OH is 1. The number of nitrogens with one attached hydrogen (secondary N) is 1. The summed E-state index contributed by atoms with van der Waals surface area (Å²) >= 11 is 0. The van der Waals surface area contributed by atoms with E-state index < -0.39 is 6.10 Å². The smallest absolute Gasteiger partial charge is 0.124 e. The lowest BCUT2D eigenvalue weighted by Crippen LogP contribution is -2.22. The highest BCUT2D eigenvalue weighted by Crippen LogP contribution is 2.29. The van der Waals surface area contributed by atoms with Crippen molar-refractivity contribution in [2.45, 2.75) is 32.4 Å². The highest BCUT2D eigenvalue weighted by Gasteiger charge is 2.16. The predicted molar refractivity (Wildman–Crippen MR) is 93.5 cm³/mol. The number of benzene rings is 1. The summed E-state index contributed by atoms with van der Waals surface area (Å²) in [6.07, 6.45) is 1.33. The van der Waals surface area contributed by atoms with Gasteiger partial charge in [0.1, 0.15) is 11.5 Å². The number of methoxy groups -OCH3 is 2. The Labute approximate surface area is 143 Å². The summed E-state index contributed by atoms with van der Waals surface area (Å²) in [4.78, 5) is 0. The summed E-state index contributed by atoms with van der Waals surface area (Å²) in [7, 11) is 5.12. The van der Waals surface area contributed by atoms with E-state index in [0.717, 1.165) is 11.3 Å². The van der Waals surface area contributed by atoms with Gasteiger partial charge in [-0.3, -0.25) is 4.68 Å². The average Bonchev–Trinajstić information content (AvgIpc) is 2.95. The number of ether oxygens (including phenoxy) is 2. The molecule has 0 spiro atoms. The van der Waals surface area contributed by atoms with Gasteiger partial charge in [-0.1, -0.05) is 13.8 Å². The number of aryl methyl sites for hydroxylation is 1. The quantitative estimate of drug-likeness (QED) is 0.776. The first-order valence-electron chi connectivity index (χ1n) is 8.09. The van der Waals surface area contributed by atoms with E-state index in [-0.39, 0.29) is 0 Å². The van der Waals surface area contributed by atoms with Crippen LogP contribution in [0.2, 0.25) is 0 Å². The van der Waals surface area contributed by atoms with Crippen molar-refractivity contribution in [2.24, 2.45) is 7.05 Å². The van der Waals surface area contributed by atoms with E-state index in [1.54, 1.807) is 26.4 Å². The fourth-order valence-electron chi connectivity index (χ4n) is 2.73. The zero-order valence-electron chi connectivity index (χ0n) is 15.0. The molecule has 0 bridgehead atoms. The third-order valence-electron chi connectivity index (χ3n) is 3.93. The molecule has 0 aliphatic carbocycles. The summed E-state index contributed by atoms with van der Waals surface area (Å²) in [5, 5.41) is 18.3. The molecule has 24 heavy (non-hydrogen) atoms. The van der Waals surface area contributed by atoms with E-state index in [0.29, 0.717) is 36.1 Å². The Morgan fingerprint density at radius 1 is 1.25 bits per heavy atom. The van der Waals surface area contributed by atoms with Crippen LogP contribution in [0, 0.1) is 0 Å². The molecule has 6 nitrogen and oxygen atoms in total. The van der Waals surface area contributed by atoms with Crippen LogP contribution in [0.4, 0.5) is 0 Å². The Bertz CT molecular complexity index is 668. The molecule has 1 atom stereocenters. The van der Waals surface area contributed by atoms with Crippen LogP contribution in [0.25, 0.3) is 0 Å². The number of hydrogen-bond acceptors (Lipinski definition) is 5. The van der Waals surface area contributed by atoms with Crippen molar-refractivity contribution in [2.75, 3.05) is 20.8 Å². The molecule has 1 aromatic heterocycles. The van der Waals surface area contributed by atoms with E-state index in [4.69, 9.17) is 9.47 Å². The molecule has 1 heterocycles. The maximum Gasteiger partial charge on any atom is 0.124 e. The Kier molecular flexibility index (Phi) is 6.23. The zero-order valence-corrected chi connectivity index (χ0v) is 15.0. The van der Waals surface area contributed by atoms with Gasteiger partial charge in [0.05, 0.1) is 26.0 Å². The second-order valence-corrected chi connectivity index (χ2v) is 6.12. The molecule has 0 aliphatic heterocycles. The molecule has 0 aliphatic rings. The Balaban J connectivity index is 2.02. The highest BCUT2D eigenvalue weighted by atomic mass is 16.5. The van der Waals surface area contributed by atoms with Crippen molar-refractivity contribution in [3.05, 3.63) is 41.2 Å². The summed E-state index contributed by atoms with van der Waals surface area (Å²) in [6.45, 7) is 5.32. The van der Waals surface area contributed by atoms with Gasteiger partial charge in [-0.25, -0.2) is 0 Å². The van der Waals surface area contributed by atoms with Crippen molar-refractivity contribution in [1.82, 2.24) is 15.1 Å². The van der Waals surface area contributed by atoms with Crippen LogP contribution in [0.15, 0.2) is 24.4 Å². The van der Waals surface area contributed by atoms with Crippen LogP contribution >= 0.6 is 0 Å². The molecule has 2 N–H and O–H groups in total. The second-order valence-electron chi connectivity index (χ2n) is 6.12.